The zero-order chi connectivity index (χ0) is 14.1. The first kappa shape index (κ1) is 15.9. The fourth-order valence-electron chi connectivity index (χ4n) is 2.27. The molecule has 1 fully saturated rings. The van der Waals surface area contributed by atoms with E-state index in [1.54, 1.807) is 0 Å². The Morgan fingerprint density at radius 3 is 2.68 bits per heavy atom. The lowest BCUT2D eigenvalue weighted by atomic mass is 9.93. The number of aliphatic carboxylic acids is 1. The summed E-state index contributed by atoms with van der Waals surface area (Å²) in [6, 6.07) is -0.847. The van der Waals surface area contributed by atoms with Crippen LogP contribution in [-0.2, 0) is 14.3 Å². The van der Waals surface area contributed by atoms with Crippen molar-refractivity contribution in [3.63, 3.8) is 0 Å². The molecule has 1 amide bonds. The van der Waals surface area contributed by atoms with Crippen molar-refractivity contribution < 1.29 is 19.4 Å². The quantitative estimate of drug-likeness (QED) is 0.594. The number of carbonyl (C=O) groups excluding carboxylic acids is 1. The molecule has 1 aliphatic rings. The molecule has 1 heterocycles. The van der Waals surface area contributed by atoms with Crippen LogP contribution in [-0.4, -0.2) is 49.8 Å². The number of hydrogen-bond donors (Lipinski definition) is 3. The van der Waals surface area contributed by atoms with E-state index in [9.17, 15) is 9.59 Å². The summed E-state index contributed by atoms with van der Waals surface area (Å²) in [6.45, 7) is 2.35. The van der Waals surface area contributed by atoms with Crippen molar-refractivity contribution in [3.8, 4) is 0 Å². The maximum absolute atomic E-state index is 11.7. The van der Waals surface area contributed by atoms with Crippen molar-refractivity contribution in [2.24, 2.45) is 5.92 Å². The third-order valence-electron chi connectivity index (χ3n) is 3.48. The van der Waals surface area contributed by atoms with Crippen LogP contribution in [0.3, 0.4) is 0 Å². The predicted molar refractivity (Wildman–Crippen MR) is 70.9 cm³/mol. The van der Waals surface area contributed by atoms with Crippen LogP contribution in [0.1, 0.15) is 32.1 Å². The van der Waals surface area contributed by atoms with E-state index >= 15 is 0 Å². The van der Waals surface area contributed by atoms with Gasteiger partial charge < -0.3 is 20.5 Å². The van der Waals surface area contributed by atoms with Gasteiger partial charge in [0.1, 0.15) is 6.04 Å². The highest BCUT2D eigenvalue weighted by Crippen LogP contribution is 2.17. The number of methoxy groups -OCH3 is 1. The minimum Gasteiger partial charge on any atom is -0.480 e. The van der Waals surface area contributed by atoms with Crippen LogP contribution in [0.25, 0.3) is 0 Å². The second-order valence-corrected chi connectivity index (χ2v) is 4.97. The van der Waals surface area contributed by atoms with Crippen LogP contribution < -0.4 is 10.6 Å². The summed E-state index contributed by atoms with van der Waals surface area (Å²) in [7, 11) is 1.51. The topological polar surface area (TPSA) is 87.7 Å². The number of nitrogens with one attached hydrogen (secondary N) is 2. The molecule has 1 rings (SSSR count). The zero-order valence-electron chi connectivity index (χ0n) is 11.5. The van der Waals surface area contributed by atoms with Crippen LogP contribution in [0.5, 0.6) is 0 Å². The van der Waals surface area contributed by atoms with E-state index in [0.717, 1.165) is 32.4 Å². The summed E-state index contributed by atoms with van der Waals surface area (Å²) in [4.78, 5) is 22.7. The van der Waals surface area contributed by atoms with Gasteiger partial charge in [0.2, 0.25) is 5.91 Å². The molecule has 110 valence electrons. The number of carboxylic acid groups (broad SMARTS) is 1. The van der Waals surface area contributed by atoms with Crippen molar-refractivity contribution in [1.82, 2.24) is 10.6 Å². The highest BCUT2D eigenvalue weighted by molar-refractivity contribution is 5.83. The van der Waals surface area contributed by atoms with Crippen molar-refractivity contribution >= 4 is 11.9 Å². The molecule has 19 heavy (non-hydrogen) atoms. The summed E-state index contributed by atoms with van der Waals surface area (Å²) in [5.74, 6) is -0.608. The molecule has 0 saturated carbocycles. The van der Waals surface area contributed by atoms with Crippen LogP contribution in [0.15, 0.2) is 0 Å². The number of amides is 1. The predicted octanol–water partition coefficient (Wildman–Crippen LogP) is 0.372. The molecule has 0 radical (unpaired) electrons. The zero-order valence-corrected chi connectivity index (χ0v) is 11.5. The van der Waals surface area contributed by atoms with Gasteiger partial charge in [-0.25, -0.2) is 4.79 Å². The largest absolute Gasteiger partial charge is 0.480 e. The minimum absolute atomic E-state index is 0.179. The summed E-state index contributed by atoms with van der Waals surface area (Å²) < 4.78 is 4.84. The molecule has 1 atom stereocenters. The van der Waals surface area contributed by atoms with E-state index in [2.05, 4.69) is 10.6 Å². The first-order valence-electron chi connectivity index (χ1n) is 6.85. The molecular weight excluding hydrogens is 248 g/mol. The van der Waals surface area contributed by atoms with Gasteiger partial charge in [0, 0.05) is 26.6 Å². The Balaban J connectivity index is 2.25. The summed E-state index contributed by atoms with van der Waals surface area (Å²) >= 11 is 0. The van der Waals surface area contributed by atoms with Gasteiger partial charge in [-0.3, -0.25) is 4.79 Å². The van der Waals surface area contributed by atoms with Crippen molar-refractivity contribution in [1.29, 1.82) is 0 Å². The molecule has 3 N–H and O–H groups in total. The minimum atomic E-state index is -1.01. The third-order valence-corrected chi connectivity index (χ3v) is 3.48. The van der Waals surface area contributed by atoms with Gasteiger partial charge >= 0.3 is 5.97 Å². The van der Waals surface area contributed by atoms with Gasteiger partial charge in [0.05, 0.1) is 0 Å². The van der Waals surface area contributed by atoms with E-state index in [4.69, 9.17) is 9.84 Å². The third kappa shape index (κ3) is 6.54. The molecular formula is C13H24N2O4. The highest BCUT2D eigenvalue weighted by atomic mass is 16.5. The lowest BCUT2D eigenvalue weighted by Crippen LogP contribution is -2.41. The Morgan fingerprint density at radius 2 is 2.11 bits per heavy atom. The normalized spacial score (nSPS) is 17.9. The van der Waals surface area contributed by atoms with Crippen molar-refractivity contribution in [2.45, 2.75) is 38.1 Å². The monoisotopic (exact) mass is 272 g/mol. The Morgan fingerprint density at radius 1 is 1.42 bits per heavy atom. The average molecular weight is 272 g/mol. The lowest BCUT2D eigenvalue weighted by Gasteiger charge is -2.22. The fraction of sp³-hybridized carbons (Fsp3) is 0.846. The van der Waals surface area contributed by atoms with E-state index in [1.807, 2.05) is 0 Å². The van der Waals surface area contributed by atoms with Gasteiger partial charge in [-0.15, -0.1) is 0 Å². The molecule has 0 aromatic rings. The Labute approximate surface area is 113 Å². The van der Waals surface area contributed by atoms with E-state index in [1.165, 1.54) is 7.11 Å². The molecule has 6 nitrogen and oxygen atoms in total. The van der Waals surface area contributed by atoms with Crippen LogP contribution >= 0.6 is 0 Å². The summed E-state index contributed by atoms with van der Waals surface area (Å²) in [5, 5.41) is 14.8. The molecule has 0 aliphatic carbocycles. The molecule has 1 aliphatic heterocycles. The van der Waals surface area contributed by atoms with Gasteiger partial charge in [0.15, 0.2) is 0 Å². The molecule has 0 aromatic heterocycles. The standard InChI is InChI=1S/C13H24N2O4/c1-19-9-6-11(13(17)18)15-12(16)3-2-10-4-7-14-8-5-10/h10-11,14H,2-9H2,1H3,(H,15,16)(H,17,18). The maximum atomic E-state index is 11.7. The van der Waals surface area contributed by atoms with E-state index in [0.29, 0.717) is 25.4 Å². The first-order chi connectivity index (χ1) is 9.13. The molecule has 1 saturated heterocycles. The second kappa shape index (κ2) is 8.87. The number of ether oxygens (including phenoxy) is 1. The van der Waals surface area contributed by atoms with Crippen molar-refractivity contribution in [2.75, 3.05) is 26.8 Å². The van der Waals surface area contributed by atoms with Gasteiger partial charge in [-0.2, -0.15) is 0 Å². The maximum Gasteiger partial charge on any atom is 0.326 e. The Bertz CT molecular complexity index is 290. The molecule has 1 unspecified atom stereocenters. The smallest absolute Gasteiger partial charge is 0.326 e. The van der Waals surface area contributed by atoms with Crippen molar-refractivity contribution in [3.05, 3.63) is 0 Å². The van der Waals surface area contributed by atoms with E-state index in [-0.39, 0.29) is 5.91 Å². The molecule has 0 bridgehead atoms. The molecule has 6 heteroatoms. The van der Waals surface area contributed by atoms with Crippen LogP contribution in [0.4, 0.5) is 0 Å². The van der Waals surface area contributed by atoms with Crippen LogP contribution in [0, 0.1) is 5.92 Å². The molecule has 0 spiro atoms. The fourth-order valence-corrected chi connectivity index (χ4v) is 2.27. The Kier molecular flexibility index (Phi) is 7.43. The number of piperidine rings is 1. The SMILES string of the molecule is COCCC(NC(=O)CCC1CCNCC1)C(=O)O. The molecule has 0 aromatic carbocycles. The van der Waals surface area contributed by atoms with Gasteiger partial charge in [0.25, 0.3) is 0 Å². The first-order valence-corrected chi connectivity index (χ1v) is 6.85. The average Bonchev–Trinajstić information content (AvgIpc) is 2.42. The second-order valence-electron chi connectivity index (χ2n) is 4.97. The van der Waals surface area contributed by atoms with E-state index < -0.39 is 12.0 Å². The highest BCUT2D eigenvalue weighted by Gasteiger charge is 2.20. The van der Waals surface area contributed by atoms with Gasteiger partial charge in [-0.1, -0.05) is 0 Å². The summed E-state index contributed by atoms with van der Waals surface area (Å²) in [5.41, 5.74) is 0. The number of hydrogen-bond acceptors (Lipinski definition) is 4. The van der Waals surface area contributed by atoms with Crippen LogP contribution in [0.2, 0.25) is 0 Å². The lowest BCUT2D eigenvalue weighted by molar-refractivity contribution is -0.142. The Hall–Kier alpha value is -1.14. The summed E-state index contributed by atoms with van der Waals surface area (Å²) in [6.07, 6.45) is 3.73. The number of carbonyl (C=O) groups is 2. The number of carboxylic acids is 1. The van der Waals surface area contributed by atoms with Gasteiger partial charge in [-0.05, 0) is 38.3 Å². The number of rotatable bonds is 8.